The van der Waals surface area contributed by atoms with Crippen LogP contribution in [0.25, 0.3) is 0 Å². The van der Waals surface area contributed by atoms with E-state index in [9.17, 15) is 4.79 Å². The Morgan fingerprint density at radius 1 is 1.72 bits per heavy atom. The molecule has 3 unspecified atom stereocenters. The SMILES string of the molecule is Cc1csc(C(C)NCC2CCC(C(=O)O)O2)n1. The first-order valence-electron chi connectivity index (χ1n) is 6.10. The molecule has 100 valence electrons. The quantitative estimate of drug-likeness (QED) is 0.852. The average molecular weight is 270 g/mol. The zero-order valence-corrected chi connectivity index (χ0v) is 11.4. The summed E-state index contributed by atoms with van der Waals surface area (Å²) in [6.07, 6.45) is 0.767. The van der Waals surface area contributed by atoms with Crippen molar-refractivity contribution >= 4 is 17.3 Å². The van der Waals surface area contributed by atoms with Crippen LogP contribution in [0.3, 0.4) is 0 Å². The molecule has 1 saturated heterocycles. The minimum absolute atomic E-state index is 0.00499. The number of carboxylic acids is 1. The maximum atomic E-state index is 10.8. The standard InChI is InChI=1S/C12H18N2O3S/c1-7-6-18-11(14-7)8(2)13-5-9-3-4-10(17-9)12(15)16/h6,8-10,13H,3-5H2,1-2H3,(H,15,16). The van der Waals surface area contributed by atoms with Crippen LogP contribution < -0.4 is 5.32 Å². The minimum atomic E-state index is -0.860. The third kappa shape index (κ3) is 3.28. The fraction of sp³-hybridized carbons (Fsp3) is 0.667. The Labute approximate surface area is 110 Å². The molecular formula is C12H18N2O3S. The van der Waals surface area contributed by atoms with Crippen molar-refractivity contribution in [2.24, 2.45) is 0 Å². The zero-order valence-electron chi connectivity index (χ0n) is 10.5. The Hall–Kier alpha value is -0.980. The Morgan fingerprint density at radius 2 is 2.50 bits per heavy atom. The third-order valence-corrected chi connectivity index (χ3v) is 4.19. The second-order valence-corrected chi connectivity index (χ2v) is 5.51. The second kappa shape index (κ2) is 5.77. The molecule has 1 aromatic heterocycles. The summed E-state index contributed by atoms with van der Waals surface area (Å²) >= 11 is 1.64. The van der Waals surface area contributed by atoms with Crippen LogP contribution in [0.5, 0.6) is 0 Å². The van der Waals surface area contributed by atoms with Crippen LogP contribution in [-0.4, -0.2) is 34.8 Å². The number of aliphatic carboxylic acids is 1. The summed E-state index contributed by atoms with van der Waals surface area (Å²) in [5.41, 5.74) is 1.03. The lowest BCUT2D eigenvalue weighted by Crippen LogP contribution is -2.30. The first kappa shape index (κ1) is 13.5. The summed E-state index contributed by atoms with van der Waals surface area (Å²) in [7, 11) is 0. The van der Waals surface area contributed by atoms with Gasteiger partial charge in [0.1, 0.15) is 5.01 Å². The number of nitrogens with zero attached hydrogens (tertiary/aromatic N) is 1. The molecule has 18 heavy (non-hydrogen) atoms. The Bertz CT molecular complexity index is 421. The highest BCUT2D eigenvalue weighted by molar-refractivity contribution is 7.09. The second-order valence-electron chi connectivity index (χ2n) is 4.62. The van der Waals surface area contributed by atoms with Gasteiger partial charge in [-0.25, -0.2) is 9.78 Å². The molecule has 0 bridgehead atoms. The van der Waals surface area contributed by atoms with E-state index in [2.05, 4.69) is 17.2 Å². The van der Waals surface area contributed by atoms with Gasteiger partial charge in [-0.2, -0.15) is 0 Å². The van der Waals surface area contributed by atoms with Gasteiger partial charge in [0.2, 0.25) is 0 Å². The summed E-state index contributed by atoms with van der Waals surface area (Å²) in [6.45, 7) is 4.70. The number of nitrogens with one attached hydrogen (secondary N) is 1. The monoisotopic (exact) mass is 270 g/mol. The van der Waals surface area contributed by atoms with E-state index in [0.717, 1.165) is 17.1 Å². The summed E-state index contributed by atoms with van der Waals surface area (Å²) in [5.74, 6) is -0.860. The number of carbonyl (C=O) groups is 1. The molecule has 0 radical (unpaired) electrons. The number of hydrogen-bond donors (Lipinski definition) is 2. The molecule has 2 N–H and O–H groups in total. The highest BCUT2D eigenvalue weighted by Gasteiger charge is 2.30. The number of ether oxygens (including phenoxy) is 1. The third-order valence-electron chi connectivity index (χ3n) is 3.04. The molecule has 1 aliphatic heterocycles. The van der Waals surface area contributed by atoms with E-state index in [4.69, 9.17) is 9.84 Å². The lowest BCUT2D eigenvalue weighted by molar-refractivity contribution is -0.149. The fourth-order valence-corrected chi connectivity index (χ4v) is 2.83. The van der Waals surface area contributed by atoms with Gasteiger partial charge in [-0.15, -0.1) is 11.3 Å². The molecule has 2 heterocycles. The Balaban J connectivity index is 1.77. The number of rotatable bonds is 5. The van der Waals surface area contributed by atoms with Gasteiger partial charge in [-0.05, 0) is 26.7 Å². The molecule has 1 aliphatic rings. The van der Waals surface area contributed by atoms with Crippen molar-refractivity contribution in [2.75, 3.05) is 6.54 Å². The predicted octanol–water partition coefficient (Wildman–Crippen LogP) is 1.73. The molecule has 0 aromatic carbocycles. The minimum Gasteiger partial charge on any atom is -0.479 e. The summed E-state index contributed by atoms with van der Waals surface area (Å²) in [6, 6.07) is 0.177. The molecule has 6 heteroatoms. The van der Waals surface area contributed by atoms with E-state index in [0.29, 0.717) is 13.0 Å². The smallest absolute Gasteiger partial charge is 0.332 e. The summed E-state index contributed by atoms with van der Waals surface area (Å²) in [5, 5.41) is 15.3. The first-order valence-corrected chi connectivity index (χ1v) is 6.98. The van der Waals surface area contributed by atoms with Crippen LogP contribution >= 0.6 is 11.3 Å². The highest BCUT2D eigenvalue weighted by atomic mass is 32.1. The first-order chi connectivity index (χ1) is 8.56. The molecule has 0 amide bonds. The van der Waals surface area contributed by atoms with Crippen molar-refractivity contribution in [2.45, 2.75) is 44.9 Å². The van der Waals surface area contributed by atoms with Crippen LogP contribution in [0.15, 0.2) is 5.38 Å². The molecule has 0 saturated carbocycles. The van der Waals surface area contributed by atoms with E-state index in [1.807, 2.05) is 12.3 Å². The molecular weight excluding hydrogens is 252 g/mol. The van der Waals surface area contributed by atoms with Crippen LogP contribution in [0, 0.1) is 6.92 Å². The normalized spacial score (nSPS) is 25.2. The topological polar surface area (TPSA) is 71.5 Å². The van der Waals surface area contributed by atoms with Crippen molar-refractivity contribution < 1.29 is 14.6 Å². The van der Waals surface area contributed by atoms with Gasteiger partial charge in [0.05, 0.1) is 12.1 Å². The van der Waals surface area contributed by atoms with Gasteiger partial charge < -0.3 is 15.2 Å². The maximum absolute atomic E-state index is 10.8. The van der Waals surface area contributed by atoms with Crippen molar-refractivity contribution in [3.63, 3.8) is 0 Å². The van der Waals surface area contributed by atoms with E-state index >= 15 is 0 Å². The molecule has 1 aromatic rings. The van der Waals surface area contributed by atoms with E-state index in [1.165, 1.54) is 0 Å². The molecule has 3 atom stereocenters. The van der Waals surface area contributed by atoms with Crippen LogP contribution in [-0.2, 0) is 9.53 Å². The number of carboxylic acid groups (broad SMARTS) is 1. The lowest BCUT2D eigenvalue weighted by Gasteiger charge is -2.15. The molecule has 5 nitrogen and oxygen atoms in total. The number of thiazole rings is 1. The summed E-state index contributed by atoms with van der Waals surface area (Å²) in [4.78, 5) is 15.2. The van der Waals surface area contributed by atoms with E-state index in [-0.39, 0.29) is 12.1 Å². The molecule has 0 aliphatic carbocycles. The van der Waals surface area contributed by atoms with Crippen LogP contribution in [0.1, 0.15) is 36.5 Å². The van der Waals surface area contributed by atoms with Gasteiger partial charge in [-0.1, -0.05) is 0 Å². The lowest BCUT2D eigenvalue weighted by atomic mass is 10.2. The Kier molecular flexibility index (Phi) is 4.31. The number of hydrogen-bond acceptors (Lipinski definition) is 5. The van der Waals surface area contributed by atoms with Gasteiger partial charge in [-0.3, -0.25) is 0 Å². The van der Waals surface area contributed by atoms with Gasteiger partial charge >= 0.3 is 5.97 Å². The molecule has 2 rings (SSSR count). The fourth-order valence-electron chi connectivity index (χ4n) is 2.00. The van der Waals surface area contributed by atoms with Crippen LogP contribution in [0.2, 0.25) is 0 Å². The van der Waals surface area contributed by atoms with Gasteiger partial charge in [0.15, 0.2) is 6.10 Å². The Morgan fingerprint density at radius 3 is 3.06 bits per heavy atom. The van der Waals surface area contributed by atoms with E-state index < -0.39 is 12.1 Å². The van der Waals surface area contributed by atoms with Crippen molar-refractivity contribution in [3.8, 4) is 0 Å². The highest BCUT2D eigenvalue weighted by Crippen LogP contribution is 2.21. The van der Waals surface area contributed by atoms with Crippen molar-refractivity contribution in [3.05, 3.63) is 16.1 Å². The van der Waals surface area contributed by atoms with Crippen molar-refractivity contribution in [1.82, 2.24) is 10.3 Å². The number of aryl methyl sites for hydroxylation is 1. The van der Waals surface area contributed by atoms with Crippen molar-refractivity contribution in [1.29, 1.82) is 0 Å². The average Bonchev–Trinajstić information content (AvgIpc) is 2.94. The molecule has 1 fully saturated rings. The molecule has 0 spiro atoms. The predicted molar refractivity (Wildman–Crippen MR) is 68.8 cm³/mol. The largest absolute Gasteiger partial charge is 0.479 e. The van der Waals surface area contributed by atoms with Gasteiger partial charge in [0, 0.05) is 17.6 Å². The summed E-state index contributed by atoms with van der Waals surface area (Å²) < 4.78 is 5.44. The zero-order chi connectivity index (χ0) is 13.1. The van der Waals surface area contributed by atoms with Gasteiger partial charge in [0.25, 0.3) is 0 Å². The number of aromatic nitrogens is 1. The maximum Gasteiger partial charge on any atom is 0.332 e. The van der Waals surface area contributed by atoms with Crippen LogP contribution in [0.4, 0.5) is 0 Å². The van der Waals surface area contributed by atoms with E-state index in [1.54, 1.807) is 11.3 Å².